The topological polar surface area (TPSA) is 35.0 Å². The maximum atomic E-state index is 12.7. The van der Waals surface area contributed by atoms with Crippen molar-refractivity contribution >= 4 is 11.3 Å². The summed E-state index contributed by atoms with van der Waals surface area (Å²) in [5, 5.41) is 1.20. The van der Waals surface area contributed by atoms with Crippen molar-refractivity contribution in [3.8, 4) is 23.0 Å². The van der Waals surface area contributed by atoms with Crippen LogP contribution in [0.4, 0.5) is 26.3 Å². The molecule has 0 bridgehead atoms. The van der Waals surface area contributed by atoms with Gasteiger partial charge < -0.3 is 4.74 Å². The van der Waals surface area contributed by atoms with Crippen molar-refractivity contribution in [3.05, 3.63) is 57.9 Å². The summed E-state index contributed by atoms with van der Waals surface area (Å²) in [6.07, 6.45) is -7.55. The van der Waals surface area contributed by atoms with Gasteiger partial charge in [-0.2, -0.15) is 31.3 Å². The molecule has 0 spiro atoms. The van der Waals surface area contributed by atoms with Gasteiger partial charge in [0.15, 0.2) is 5.82 Å². The summed E-state index contributed by atoms with van der Waals surface area (Å²) in [6.45, 7) is 1.60. The molecule has 1 aromatic carbocycles. The zero-order valence-electron chi connectivity index (χ0n) is 13.5. The highest BCUT2D eigenvalue weighted by molar-refractivity contribution is 7.10. The van der Waals surface area contributed by atoms with E-state index in [9.17, 15) is 26.3 Å². The first kappa shape index (κ1) is 19.2. The summed E-state index contributed by atoms with van der Waals surface area (Å²) >= 11 is 0.486. The van der Waals surface area contributed by atoms with E-state index in [-0.39, 0.29) is 17.5 Å². The van der Waals surface area contributed by atoms with Crippen LogP contribution in [0.2, 0.25) is 0 Å². The highest BCUT2D eigenvalue weighted by atomic mass is 32.1. The Bertz CT molecular complexity index is 947. The molecule has 2 heterocycles. The number of benzene rings is 1. The Hall–Kier alpha value is -2.62. The smallest absolute Gasteiger partial charge is 0.425 e. The molecule has 0 amide bonds. The molecule has 0 unspecified atom stereocenters. The van der Waals surface area contributed by atoms with Gasteiger partial charge in [-0.25, -0.2) is 4.98 Å². The van der Waals surface area contributed by atoms with Gasteiger partial charge in [0.2, 0.25) is 5.88 Å². The standard InChI is InChI=1S/C17H10F6N2OS/c1-9-7-24-14(10-2-4-11(5-3-10)16(18,19)20)25-15(9)26-12-6-13(27-8-12)17(21,22)23/h2-8H,1H3. The minimum atomic E-state index is -4.47. The van der Waals surface area contributed by atoms with Gasteiger partial charge in [0.25, 0.3) is 0 Å². The van der Waals surface area contributed by atoms with E-state index in [2.05, 4.69) is 9.97 Å². The lowest BCUT2D eigenvalue weighted by Crippen LogP contribution is -2.04. The van der Waals surface area contributed by atoms with Gasteiger partial charge in [0, 0.05) is 28.8 Å². The fourth-order valence-electron chi connectivity index (χ4n) is 2.11. The fourth-order valence-corrected chi connectivity index (χ4v) is 2.79. The number of rotatable bonds is 3. The average molecular weight is 404 g/mol. The Labute approximate surface area is 153 Å². The van der Waals surface area contributed by atoms with Crippen molar-refractivity contribution in [1.29, 1.82) is 0 Å². The van der Waals surface area contributed by atoms with Gasteiger partial charge in [-0.15, -0.1) is 11.3 Å². The third-order valence-corrected chi connectivity index (χ3v) is 4.42. The average Bonchev–Trinajstić information content (AvgIpc) is 3.05. The summed E-state index contributed by atoms with van der Waals surface area (Å²) in [5.41, 5.74) is -0.0349. The molecule has 10 heteroatoms. The molecule has 0 aliphatic heterocycles. The lowest BCUT2D eigenvalue weighted by molar-refractivity contribution is -0.137. The van der Waals surface area contributed by atoms with Crippen LogP contribution in [0, 0.1) is 6.92 Å². The second-order valence-corrected chi connectivity index (χ2v) is 6.41. The highest BCUT2D eigenvalue weighted by Crippen LogP contribution is 2.38. The molecule has 2 aromatic heterocycles. The van der Waals surface area contributed by atoms with Crippen LogP contribution < -0.4 is 4.74 Å². The third kappa shape index (κ3) is 4.38. The molecule has 0 saturated carbocycles. The predicted octanol–water partition coefficient (Wildman–Crippen LogP) is 6.34. The molecule has 0 fully saturated rings. The first-order valence-electron chi connectivity index (χ1n) is 7.39. The molecular formula is C17H10F6N2OS. The lowest BCUT2D eigenvalue weighted by Gasteiger charge is -2.09. The van der Waals surface area contributed by atoms with Crippen LogP contribution in [-0.4, -0.2) is 9.97 Å². The molecule has 0 atom stereocenters. The Balaban J connectivity index is 1.87. The molecule has 3 aromatic rings. The molecule has 0 N–H and O–H groups in total. The number of hydrogen-bond donors (Lipinski definition) is 0. The van der Waals surface area contributed by atoms with Crippen LogP contribution in [0.1, 0.15) is 16.0 Å². The Morgan fingerprint density at radius 2 is 1.63 bits per heavy atom. The van der Waals surface area contributed by atoms with Gasteiger partial charge in [-0.3, -0.25) is 0 Å². The predicted molar refractivity (Wildman–Crippen MR) is 86.6 cm³/mol. The number of alkyl halides is 6. The van der Waals surface area contributed by atoms with Crippen LogP contribution in [0.3, 0.4) is 0 Å². The van der Waals surface area contributed by atoms with Gasteiger partial charge in [0.05, 0.1) is 5.56 Å². The monoisotopic (exact) mass is 404 g/mol. The SMILES string of the molecule is Cc1cnc(-c2ccc(C(F)(F)F)cc2)nc1Oc1csc(C(F)(F)F)c1. The van der Waals surface area contributed by atoms with Gasteiger partial charge in [-0.05, 0) is 19.1 Å². The number of aromatic nitrogens is 2. The third-order valence-electron chi connectivity index (χ3n) is 3.47. The van der Waals surface area contributed by atoms with Crippen molar-refractivity contribution in [1.82, 2.24) is 9.97 Å². The molecule has 0 aliphatic carbocycles. The molecule has 0 radical (unpaired) electrons. The number of aryl methyl sites for hydroxylation is 1. The first-order valence-corrected chi connectivity index (χ1v) is 8.27. The minimum absolute atomic E-state index is 0.0198. The molecule has 3 nitrogen and oxygen atoms in total. The van der Waals surface area contributed by atoms with E-state index in [4.69, 9.17) is 4.74 Å². The summed E-state index contributed by atoms with van der Waals surface area (Å²) in [6, 6.07) is 5.07. The Morgan fingerprint density at radius 1 is 0.963 bits per heavy atom. The van der Waals surface area contributed by atoms with Crippen molar-refractivity contribution in [2.75, 3.05) is 0 Å². The van der Waals surface area contributed by atoms with Gasteiger partial charge in [-0.1, -0.05) is 12.1 Å². The van der Waals surface area contributed by atoms with Gasteiger partial charge >= 0.3 is 12.4 Å². The van der Waals surface area contributed by atoms with E-state index >= 15 is 0 Å². The lowest BCUT2D eigenvalue weighted by atomic mass is 10.1. The summed E-state index contributed by atoms with van der Waals surface area (Å²) in [7, 11) is 0. The van der Waals surface area contributed by atoms with E-state index in [1.807, 2.05) is 0 Å². The number of nitrogens with zero attached hydrogens (tertiary/aromatic N) is 2. The number of hydrogen-bond acceptors (Lipinski definition) is 4. The summed E-state index contributed by atoms with van der Waals surface area (Å²) in [5.74, 6) is 0.0783. The molecule has 3 rings (SSSR count). The molecule has 27 heavy (non-hydrogen) atoms. The number of thiophene rings is 1. The second-order valence-electron chi connectivity index (χ2n) is 5.50. The highest BCUT2D eigenvalue weighted by Gasteiger charge is 2.33. The van der Waals surface area contributed by atoms with Crippen LogP contribution >= 0.6 is 11.3 Å². The van der Waals surface area contributed by atoms with E-state index in [1.165, 1.54) is 23.7 Å². The normalized spacial score (nSPS) is 12.3. The second kappa shape index (κ2) is 6.84. The quantitative estimate of drug-likeness (QED) is 0.478. The number of ether oxygens (including phenoxy) is 1. The molecular weight excluding hydrogens is 394 g/mol. The summed E-state index contributed by atoms with van der Waals surface area (Å²) in [4.78, 5) is 7.33. The van der Waals surface area contributed by atoms with Crippen molar-refractivity contribution < 1.29 is 31.1 Å². The van der Waals surface area contributed by atoms with Crippen molar-refractivity contribution in [2.45, 2.75) is 19.3 Å². The van der Waals surface area contributed by atoms with E-state index in [1.54, 1.807) is 6.92 Å². The van der Waals surface area contributed by atoms with Crippen molar-refractivity contribution in [3.63, 3.8) is 0 Å². The van der Waals surface area contributed by atoms with Crippen LogP contribution in [0.15, 0.2) is 41.9 Å². The fraction of sp³-hybridized carbons (Fsp3) is 0.176. The van der Waals surface area contributed by atoms with Crippen LogP contribution in [-0.2, 0) is 12.4 Å². The Morgan fingerprint density at radius 3 is 2.19 bits per heavy atom. The summed E-state index contributed by atoms with van der Waals surface area (Å²) < 4.78 is 81.3. The van der Waals surface area contributed by atoms with Crippen molar-refractivity contribution in [2.24, 2.45) is 0 Å². The first-order chi connectivity index (χ1) is 12.5. The van der Waals surface area contributed by atoms with E-state index in [0.717, 1.165) is 18.2 Å². The maximum absolute atomic E-state index is 12.7. The molecule has 142 valence electrons. The van der Waals surface area contributed by atoms with Crippen LogP contribution in [0.5, 0.6) is 11.6 Å². The van der Waals surface area contributed by atoms with Crippen LogP contribution in [0.25, 0.3) is 11.4 Å². The van der Waals surface area contributed by atoms with Gasteiger partial charge in [0.1, 0.15) is 10.6 Å². The molecule has 0 aliphatic rings. The minimum Gasteiger partial charge on any atom is -0.438 e. The largest absolute Gasteiger partial charge is 0.438 e. The van der Waals surface area contributed by atoms with E-state index in [0.29, 0.717) is 22.5 Å². The van der Waals surface area contributed by atoms with E-state index < -0.39 is 22.8 Å². The zero-order chi connectivity index (χ0) is 19.8. The maximum Gasteiger partial charge on any atom is 0.425 e. The Kier molecular flexibility index (Phi) is 4.85. The zero-order valence-corrected chi connectivity index (χ0v) is 14.3. The molecule has 0 saturated heterocycles. The number of halogens is 6.